The van der Waals surface area contributed by atoms with Crippen LogP contribution in [0.4, 0.5) is 0 Å². The molecule has 0 atom stereocenters. The van der Waals surface area contributed by atoms with Crippen molar-refractivity contribution in [3.63, 3.8) is 0 Å². The summed E-state index contributed by atoms with van der Waals surface area (Å²) in [5, 5.41) is 0. The summed E-state index contributed by atoms with van der Waals surface area (Å²) in [7, 11) is 1.14. The minimum absolute atomic E-state index is 0.165. The van der Waals surface area contributed by atoms with Crippen LogP contribution >= 0.6 is 0 Å². The second kappa shape index (κ2) is 8.67. The predicted octanol–water partition coefficient (Wildman–Crippen LogP) is 3.26. The summed E-state index contributed by atoms with van der Waals surface area (Å²) in [5.74, 6) is -0.165. The summed E-state index contributed by atoms with van der Waals surface area (Å²) in [6, 6.07) is 13.4. The van der Waals surface area contributed by atoms with Crippen LogP contribution in [0.2, 0.25) is 0 Å². The van der Waals surface area contributed by atoms with Crippen LogP contribution in [0.5, 0.6) is 0 Å². The second-order valence-corrected chi connectivity index (χ2v) is 9.14. The fourth-order valence-corrected chi connectivity index (χ4v) is 4.12. The molecule has 6 heteroatoms. The smallest absolute Gasteiger partial charge is 0.253 e. The minimum atomic E-state index is -3.60. The summed E-state index contributed by atoms with van der Waals surface area (Å²) < 4.78 is 26.3. The van der Waals surface area contributed by atoms with Crippen molar-refractivity contribution in [2.24, 2.45) is 0 Å². The molecule has 0 bridgehead atoms. The van der Waals surface area contributed by atoms with E-state index in [1.807, 2.05) is 25.1 Å². The molecular formula is C21H28N2O3S. The first-order valence-electron chi connectivity index (χ1n) is 8.97. The molecule has 27 heavy (non-hydrogen) atoms. The van der Waals surface area contributed by atoms with E-state index in [1.54, 1.807) is 24.9 Å². The zero-order chi connectivity index (χ0) is 20.2. The van der Waals surface area contributed by atoms with E-state index >= 15 is 0 Å². The van der Waals surface area contributed by atoms with Crippen LogP contribution in [-0.2, 0) is 16.4 Å². The third-order valence-corrected chi connectivity index (χ3v) is 6.72. The number of carbonyl (C=O) groups is 1. The zero-order valence-corrected chi connectivity index (χ0v) is 17.5. The molecule has 2 rings (SSSR count). The number of sulfonamides is 1. The molecule has 0 aliphatic carbocycles. The van der Waals surface area contributed by atoms with Crippen molar-refractivity contribution >= 4 is 15.9 Å². The van der Waals surface area contributed by atoms with E-state index < -0.39 is 10.0 Å². The normalized spacial score (nSPS) is 11.6. The lowest BCUT2D eigenvalue weighted by atomic mass is 10.0. The molecule has 0 heterocycles. The van der Waals surface area contributed by atoms with Gasteiger partial charge in [0.25, 0.3) is 5.91 Å². The van der Waals surface area contributed by atoms with E-state index in [4.69, 9.17) is 0 Å². The van der Waals surface area contributed by atoms with Gasteiger partial charge in [-0.2, -0.15) is 0 Å². The van der Waals surface area contributed by atoms with Crippen molar-refractivity contribution in [3.8, 4) is 0 Å². The molecule has 2 aromatic rings. The van der Waals surface area contributed by atoms with Gasteiger partial charge in [-0.1, -0.05) is 30.3 Å². The van der Waals surface area contributed by atoms with Crippen molar-refractivity contribution in [2.45, 2.75) is 31.6 Å². The molecule has 0 saturated heterocycles. The van der Waals surface area contributed by atoms with Gasteiger partial charge in [0.15, 0.2) is 0 Å². The number of rotatable bonds is 7. The number of hydrogen-bond acceptors (Lipinski definition) is 3. The minimum Gasteiger partial charge on any atom is -0.342 e. The van der Waals surface area contributed by atoms with Crippen LogP contribution in [0.3, 0.4) is 0 Å². The molecule has 146 valence electrons. The largest absolute Gasteiger partial charge is 0.342 e. The number of nitrogens with zero attached hydrogens (tertiary/aromatic N) is 2. The lowest BCUT2D eigenvalue weighted by Crippen LogP contribution is -2.29. The molecule has 1 amide bonds. The molecule has 0 fully saturated rings. The Bertz CT molecular complexity index is 907. The number of aryl methyl sites for hydroxylation is 2. The number of benzene rings is 2. The molecular weight excluding hydrogens is 360 g/mol. The van der Waals surface area contributed by atoms with Crippen molar-refractivity contribution in [1.29, 1.82) is 0 Å². The number of hydrogen-bond donors (Lipinski definition) is 0. The Kier molecular flexibility index (Phi) is 6.78. The Morgan fingerprint density at radius 1 is 1.00 bits per heavy atom. The maximum absolute atomic E-state index is 12.8. The van der Waals surface area contributed by atoms with E-state index in [1.165, 1.54) is 30.0 Å². The van der Waals surface area contributed by atoms with Crippen molar-refractivity contribution in [2.75, 3.05) is 27.7 Å². The van der Waals surface area contributed by atoms with Crippen LogP contribution in [0.1, 0.15) is 33.5 Å². The molecule has 0 N–H and O–H groups in total. The van der Waals surface area contributed by atoms with E-state index in [-0.39, 0.29) is 10.8 Å². The zero-order valence-electron chi connectivity index (χ0n) is 16.7. The van der Waals surface area contributed by atoms with Gasteiger partial charge in [-0.15, -0.1) is 0 Å². The predicted molar refractivity (Wildman–Crippen MR) is 109 cm³/mol. The average molecular weight is 389 g/mol. The molecule has 0 unspecified atom stereocenters. The van der Waals surface area contributed by atoms with E-state index in [2.05, 4.69) is 12.1 Å². The molecule has 0 saturated carbocycles. The highest BCUT2D eigenvalue weighted by atomic mass is 32.2. The molecule has 0 radical (unpaired) electrons. The van der Waals surface area contributed by atoms with Gasteiger partial charge in [-0.05, 0) is 55.5 Å². The van der Waals surface area contributed by atoms with Crippen LogP contribution in [0.25, 0.3) is 0 Å². The maximum atomic E-state index is 12.8. The van der Waals surface area contributed by atoms with Gasteiger partial charge in [-0.25, -0.2) is 12.7 Å². The molecule has 0 spiro atoms. The van der Waals surface area contributed by atoms with Gasteiger partial charge in [-0.3, -0.25) is 4.79 Å². The van der Waals surface area contributed by atoms with E-state index in [9.17, 15) is 13.2 Å². The van der Waals surface area contributed by atoms with Gasteiger partial charge >= 0.3 is 0 Å². The number of carbonyl (C=O) groups excluding carboxylic acids is 1. The van der Waals surface area contributed by atoms with Crippen molar-refractivity contribution in [1.82, 2.24) is 9.21 Å². The SMILES string of the molecule is Cc1cc(C(=O)N(C)CCCc2ccccc2)cc(S(=O)(=O)N(C)C)c1C. The van der Waals surface area contributed by atoms with Crippen LogP contribution in [-0.4, -0.2) is 51.2 Å². The quantitative estimate of drug-likeness (QED) is 0.731. The third kappa shape index (κ3) is 4.96. The number of amides is 1. The van der Waals surface area contributed by atoms with Gasteiger partial charge < -0.3 is 4.90 Å². The monoisotopic (exact) mass is 388 g/mol. The third-order valence-electron chi connectivity index (χ3n) is 4.77. The van der Waals surface area contributed by atoms with Crippen LogP contribution in [0, 0.1) is 13.8 Å². The first kappa shape index (κ1) is 21.1. The summed E-state index contributed by atoms with van der Waals surface area (Å²) in [5.41, 5.74) is 3.11. The molecule has 0 aliphatic heterocycles. The fraction of sp³-hybridized carbons (Fsp3) is 0.381. The maximum Gasteiger partial charge on any atom is 0.253 e. The summed E-state index contributed by atoms with van der Waals surface area (Å²) in [4.78, 5) is 14.7. The summed E-state index contributed by atoms with van der Waals surface area (Å²) in [6.45, 7) is 4.20. The Labute approximate surface area is 162 Å². The highest BCUT2D eigenvalue weighted by molar-refractivity contribution is 7.89. The molecule has 2 aromatic carbocycles. The highest BCUT2D eigenvalue weighted by Crippen LogP contribution is 2.24. The van der Waals surface area contributed by atoms with Crippen molar-refractivity contribution in [3.05, 3.63) is 64.7 Å². The molecule has 0 aromatic heterocycles. The van der Waals surface area contributed by atoms with Crippen molar-refractivity contribution < 1.29 is 13.2 Å². The van der Waals surface area contributed by atoms with Crippen LogP contribution in [0.15, 0.2) is 47.4 Å². The topological polar surface area (TPSA) is 57.7 Å². The second-order valence-electron chi connectivity index (χ2n) is 7.02. The van der Waals surface area contributed by atoms with Gasteiger partial charge in [0.1, 0.15) is 0 Å². The van der Waals surface area contributed by atoms with Crippen LogP contribution < -0.4 is 0 Å². The Morgan fingerprint density at radius 2 is 1.63 bits per heavy atom. The molecule has 5 nitrogen and oxygen atoms in total. The van der Waals surface area contributed by atoms with Gasteiger partial charge in [0, 0.05) is 33.3 Å². The standard InChI is InChI=1S/C21H28N2O3S/c1-16-14-19(15-20(17(16)2)27(25,26)22(3)4)21(24)23(5)13-9-12-18-10-7-6-8-11-18/h6-8,10-11,14-15H,9,12-13H2,1-5H3. The van der Waals surface area contributed by atoms with Gasteiger partial charge in [0.05, 0.1) is 4.90 Å². The first-order chi connectivity index (χ1) is 12.6. The van der Waals surface area contributed by atoms with Gasteiger partial charge in [0.2, 0.25) is 10.0 Å². The summed E-state index contributed by atoms with van der Waals surface area (Å²) >= 11 is 0. The average Bonchev–Trinajstić information content (AvgIpc) is 2.63. The Morgan fingerprint density at radius 3 is 2.22 bits per heavy atom. The lowest BCUT2D eigenvalue weighted by Gasteiger charge is -2.20. The summed E-state index contributed by atoms with van der Waals surface area (Å²) in [6.07, 6.45) is 1.74. The fourth-order valence-electron chi connectivity index (χ4n) is 2.90. The first-order valence-corrected chi connectivity index (χ1v) is 10.4. The van der Waals surface area contributed by atoms with E-state index in [0.717, 1.165) is 18.4 Å². The lowest BCUT2D eigenvalue weighted by molar-refractivity contribution is 0.0793. The Balaban J connectivity index is 2.17. The molecule has 0 aliphatic rings. The Hall–Kier alpha value is -2.18. The van der Waals surface area contributed by atoms with E-state index in [0.29, 0.717) is 17.7 Å². The highest BCUT2D eigenvalue weighted by Gasteiger charge is 2.23.